The molecule has 0 fully saturated rings. The molecule has 0 aliphatic carbocycles. The molecular weight excluding hydrogens is 437 g/mol. The van der Waals surface area contributed by atoms with Crippen LogP contribution < -0.4 is 9.46 Å². The minimum absolute atomic E-state index is 0.0267. The Labute approximate surface area is 174 Å². The Morgan fingerprint density at radius 1 is 1.10 bits per heavy atom. The van der Waals surface area contributed by atoms with Gasteiger partial charge in [-0.1, -0.05) is 0 Å². The SMILES string of the molecule is COc1ccc2cn(C)nc2c1NS(=O)(=O)c1ccc(-n2cc(C(F)(F)F)cn2)nc1. The molecular formula is C18H15F3N6O3S. The number of ether oxygens (including phenoxy) is 1. The number of halogens is 3. The second-order valence-electron chi connectivity index (χ2n) is 6.51. The van der Waals surface area contributed by atoms with Gasteiger partial charge in [0.05, 0.1) is 18.9 Å². The van der Waals surface area contributed by atoms with Crippen LogP contribution in [0.15, 0.2) is 53.9 Å². The van der Waals surface area contributed by atoms with Gasteiger partial charge in [0.1, 0.15) is 21.8 Å². The molecule has 0 unspecified atom stereocenters. The zero-order valence-corrected chi connectivity index (χ0v) is 16.9. The summed E-state index contributed by atoms with van der Waals surface area (Å²) in [6.07, 6.45) is -0.369. The van der Waals surface area contributed by atoms with E-state index in [9.17, 15) is 21.6 Å². The zero-order valence-electron chi connectivity index (χ0n) is 16.1. The first-order chi connectivity index (χ1) is 14.6. The van der Waals surface area contributed by atoms with Crippen LogP contribution in [0.2, 0.25) is 0 Å². The Morgan fingerprint density at radius 2 is 1.87 bits per heavy atom. The van der Waals surface area contributed by atoms with Gasteiger partial charge >= 0.3 is 6.18 Å². The lowest BCUT2D eigenvalue weighted by Crippen LogP contribution is -2.15. The van der Waals surface area contributed by atoms with Crippen LogP contribution in [0.4, 0.5) is 18.9 Å². The Morgan fingerprint density at radius 3 is 2.48 bits per heavy atom. The van der Waals surface area contributed by atoms with Crippen LogP contribution in [0.5, 0.6) is 5.75 Å². The van der Waals surface area contributed by atoms with Crippen LogP contribution in [-0.2, 0) is 23.2 Å². The summed E-state index contributed by atoms with van der Waals surface area (Å²) < 4.78 is 74.2. The van der Waals surface area contributed by atoms with Crippen LogP contribution in [0.3, 0.4) is 0 Å². The number of rotatable bonds is 5. The fourth-order valence-electron chi connectivity index (χ4n) is 2.91. The maximum atomic E-state index is 12.9. The van der Waals surface area contributed by atoms with E-state index in [2.05, 4.69) is 19.9 Å². The largest absolute Gasteiger partial charge is 0.494 e. The molecule has 0 aliphatic rings. The predicted octanol–water partition coefficient (Wildman–Crippen LogP) is 2.98. The number of nitrogens with zero attached hydrogens (tertiary/aromatic N) is 5. The van der Waals surface area contributed by atoms with E-state index < -0.39 is 21.8 Å². The first kappa shape index (κ1) is 20.7. The van der Waals surface area contributed by atoms with Gasteiger partial charge in [0.25, 0.3) is 10.0 Å². The molecule has 9 nitrogen and oxygen atoms in total. The molecule has 0 aliphatic heterocycles. The fraction of sp³-hybridized carbons (Fsp3) is 0.167. The second kappa shape index (κ2) is 7.27. The van der Waals surface area contributed by atoms with Crippen molar-refractivity contribution in [3.05, 3.63) is 54.6 Å². The molecule has 0 saturated carbocycles. The molecule has 1 N–H and O–H groups in total. The molecule has 0 spiro atoms. The number of hydrogen-bond donors (Lipinski definition) is 1. The number of aryl methyl sites for hydroxylation is 1. The average molecular weight is 452 g/mol. The number of sulfonamides is 1. The lowest BCUT2D eigenvalue weighted by Gasteiger charge is -2.12. The van der Waals surface area contributed by atoms with Crippen molar-refractivity contribution < 1.29 is 26.3 Å². The summed E-state index contributed by atoms with van der Waals surface area (Å²) in [6.45, 7) is 0. The third-order valence-corrected chi connectivity index (χ3v) is 5.72. The van der Waals surface area contributed by atoms with E-state index in [1.165, 1.54) is 23.9 Å². The molecule has 13 heteroatoms. The van der Waals surface area contributed by atoms with Crippen molar-refractivity contribution in [3.63, 3.8) is 0 Å². The highest BCUT2D eigenvalue weighted by atomic mass is 32.2. The van der Waals surface area contributed by atoms with E-state index in [0.717, 1.165) is 17.1 Å². The fourth-order valence-corrected chi connectivity index (χ4v) is 3.93. The van der Waals surface area contributed by atoms with Crippen LogP contribution >= 0.6 is 0 Å². The van der Waals surface area contributed by atoms with E-state index in [1.807, 2.05) is 0 Å². The van der Waals surface area contributed by atoms with Crippen molar-refractivity contribution in [3.8, 4) is 11.6 Å². The van der Waals surface area contributed by atoms with E-state index in [4.69, 9.17) is 4.74 Å². The Bertz CT molecular complexity index is 1360. The van der Waals surface area contributed by atoms with Crippen molar-refractivity contribution >= 4 is 26.6 Å². The predicted molar refractivity (Wildman–Crippen MR) is 104 cm³/mol. The molecule has 31 heavy (non-hydrogen) atoms. The summed E-state index contributed by atoms with van der Waals surface area (Å²) >= 11 is 0. The van der Waals surface area contributed by atoms with E-state index >= 15 is 0 Å². The number of fused-ring (bicyclic) bond motifs is 1. The molecule has 0 amide bonds. The van der Waals surface area contributed by atoms with Gasteiger partial charge < -0.3 is 4.74 Å². The first-order valence-electron chi connectivity index (χ1n) is 8.70. The number of benzene rings is 1. The minimum Gasteiger partial charge on any atom is -0.494 e. The topological polar surface area (TPSA) is 104 Å². The van der Waals surface area contributed by atoms with Crippen molar-refractivity contribution in [2.45, 2.75) is 11.1 Å². The Balaban J connectivity index is 1.66. The van der Waals surface area contributed by atoms with Gasteiger partial charge in [0.2, 0.25) is 0 Å². The van der Waals surface area contributed by atoms with Gasteiger partial charge in [-0.2, -0.15) is 23.4 Å². The number of methoxy groups -OCH3 is 1. The normalized spacial score (nSPS) is 12.3. The first-order valence-corrected chi connectivity index (χ1v) is 10.2. The van der Waals surface area contributed by atoms with E-state index in [0.29, 0.717) is 17.1 Å². The smallest absolute Gasteiger partial charge is 0.419 e. The number of anilines is 1. The molecule has 162 valence electrons. The molecule has 0 saturated heterocycles. The standard InChI is InChI=1S/C18H15F3N6O3S/c1-26-9-11-3-5-14(30-2)17(16(11)24-26)25-31(28,29)13-4-6-15(22-8-13)27-10-12(7-23-27)18(19,20)21/h3-10,25H,1-2H3. The minimum atomic E-state index is -4.54. The van der Waals surface area contributed by atoms with E-state index in [-0.39, 0.29) is 22.2 Å². The monoisotopic (exact) mass is 452 g/mol. The molecule has 4 rings (SSSR count). The molecule has 0 atom stereocenters. The highest BCUT2D eigenvalue weighted by Crippen LogP contribution is 2.34. The van der Waals surface area contributed by atoms with E-state index in [1.54, 1.807) is 25.4 Å². The summed E-state index contributed by atoms with van der Waals surface area (Å²) in [5.41, 5.74) is -0.388. The Hall–Kier alpha value is -3.61. The zero-order chi connectivity index (χ0) is 22.4. The molecule has 0 radical (unpaired) electrons. The van der Waals surface area contributed by atoms with Crippen LogP contribution in [-0.4, -0.2) is 40.1 Å². The van der Waals surface area contributed by atoms with Gasteiger partial charge in [-0.05, 0) is 24.3 Å². The summed E-state index contributed by atoms with van der Waals surface area (Å²) in [7, 11) is -0.995. The number of alkyl halides is 3. The lowest BCUT2D eigenvalue weighted by molar-refractivity contribution is -0.137. The molecule has 3 heterocycles. The van der Waals surface area contributed by atoms with Crippen LogP contribution in [0.1, 0.15) is 5.56 Å². The van der Waals surface area contributed by atoms with Gasteiger partial charge in [0, 0.05) is 31.0 Å². The maximum absolute atomic E-state index is 12.9. The summed E-state index contributed by atoms with van der Waals surface area (Å²) in [5.74, 6) is 0.300. The quantitative estimate of drug-likeness (QED) is 0.499. The highest BCUT2D eigenvalue weighted by Gasteiger charge is 2.32. The van der Waals surface area contributed by atoms with Gasteiger partial charge in [-0.3, -0.25) is 9.40 Å². The summed E-state index contributed by atoms with van der Waals surface area (Å²) in [4.78, 5) is 3.72. The number of nitrogens with one attached hydrogen (secondary N) is 1. The highest BCUT2D eigenvalue weighted by molar-refractivity contribution is 7.92. The molecule has 3 aromatic heterocycles. The number of aromatic nitrogens is 5. The summed E-state index contributed by atoms with van der Waals surface area (Å²) in [5, 5.41) is 8.58. The third-order valence-electron chi connectivity index (χ3n) is 4.39. The van der Waals surface area contributed by atoms with Gasteiger partial charge in [-0.15, -0.1) is 0 Å². The van der Waals surface area contributed by atoms with Crippen molar-refractivity contribution in [2.24, 2.45) is 7.05 Å². The van der Waals surface area contributed by atoms with Gasteiger partial charge in [0.15, 0.2) is 5.82 Å². The van der Waals surface area contributed by atoms with Crippen LogP contribution in [0, 0.1) is 0 Å². The Kier molecular flexibility index (Phi) is 4.84. The second-order valence-corrected chi connectivity index (χ2v) is 8.19. The third kappa shape index (κ3) is 3.91. The number of hydrogen-bond acceptors (Lipinski definition) is 6. The lowest BCUT2D eigenvalue weighted by atomic mass is 10.2. The number of pyridine rings is 1. The van der Waals surface area contributed by atoms with Crippen molar-refractivity contribution in [1.29, 1.82) is 0 Å². The van der Waals surface area contributed by atoms with Gasteiger partial charge in [-0.25, -0.2) is 18.1 Å². The summed E-state index contributed by atoms with van der Waals surface area (Å²) in [6, 6.07) is 5.82. The van der Waals surface area contributed by atoms with Crippen LogP contribution in [0.25, 0.3) is 16.7 Å². The average Bonchev–Trinajstić information content (AvgIpc) is 3.34. The van der Waals surface area contributed by atoms with Crippen molar-refractivity contribution in [1.82, 2.24) is 24.5 Å². The maximum Gasteiger partial charge on any atom is 0.419 e. The molecule has 0 bridgehead atoms. The van der Waals surface area contributed by atoms with Crippen molar-refractivity contribution in [2.75, 3.05) is 11.8 Å². The molecule has 4 aromatic rings. The molecule has 1 aromatic carbocycles.